The fourth-order valence-electron chi connectivity index (χ4n) is 1.47. The van der Waals surface area contributed by atoms with Crippen LogP contribution in [0.4, 0.5) is 6.01 Å². The summed E-state index contributed by atoms with van der Waals surface area (Å²) in [6.45, 7) is 1.55. The maximum absolute atomic E-state index is 12.1. The summed E-state index contributed by atoms with van der Waals surface area (Å²) >= 11 is 0. The number of sulfonamides is 1. The Morgan fingerprint density at radius 3 is 2.81 bits per heavy atom. The summed E-state index contributed by atoms with van der Waals surface area (Å²) in [6.07, 6.45) is 2.21. The Bertz CT molecular complexity index is 795. The van der Waals surface area contributed by atoms with Crippen LogP contribution in [0.15, 0.2) is 39.8 Å². The molecule has 0 atom stereocenters. The highest BCUT2D eigenvalue weighted by atomic mass is 32.2. The Hall–Kier alpha value is -2.68. The van der Waals surface area contributed by atoms with Gasteiger partial charge in [0.25, 0.3) is 10.0 Å². The molecule has 0 spiro atoms. The zero-order chi connectivity index (χ0) is 15.5. The number of aromatic nitrogens is 2. The molecule has 0 saturated carbocycles. The molecule has 0 fully saturated rings. The van der Waals surface area contributed by atoms with E-state index < -0.39 is 16.0 Å². The Labute approximate surface area is 120 Å². The molecular weight excluding hydrogens is 298 g/mol. The molecule has 0 saturated heterocycles. The minimum Gasteiger partial charge on any atom is -0.478 e. The Kier molecular flexibility index (Phi) is 4.03. The molecule has 9 heteroatoms. The van der Waals surface area contributed by atoms with Crippen molar-refractivity contribution in [1.82, 2.24) is 10.1 Å². The number of aryl methyl sites for hydroxylation is 1. The van der Waals surface area contributed by atoms with Crippen LogP contribution >= 0.6 is 0 Å². The van der Waals surface area contributed by atoms with Crippen molar-refractivity contribution in [3.05, 3.63) is 41.7 Å². The number of nitrogens with zero attached hydrogens (tertiary/aromatic N) is 2. The zero-order valence-electron chi connectivity index (χ0n) is 10.8. The topological polar surface area (TPSA) is 122 Å². The Morgan fingerprint density at radius 1 is 1.43 bits per heavy atom. The van der Waals surface area contributed by atoms with Crippen LogP contribution in [-0.4, -0.2) is 29.6 Å². The number of carbonyl (C=O) groups is 1. The molecule has 1 aromatic heterocycles. The van der Waals surface area contributed by atoms with E-state index in [1.54, 1.807) is 13.0 Å². The molecule has 0 amide bonds. The summed E-state index contributed by atoms with van der Waals surface area (Å²) in [4.78, 5) is 14.1. The minimum absolute atomic E-state index is 0.0501. The SMILES string of the molecule is Cc1noc(NS(=O)(=O)c2cccc(/C=C/C(=O)O)c2)n1. The van der Waals surface area contributed by atoms with Crippen LogP contribution in [-0.2, 0) is 14.8 Å². The number of carboxylic acid groups (broad SMARTS) is 1. The third-order valence-electron chi connectivity index (χ3n) is 2.34. The van der Waals surface area contributed by atoms with Gasteiger partial charge < -0.3 is 9.63 Å². The first kappa shape index (κ1) is 14.7. The van der Waals surface area contributed by atoms with E-state index in [1.165, 1.54) is 24.3 Å². The largest absolute Gasteiger partial charge is 0.478 e. The number of carboxylic acids is 1. The van der Waals surface area contributed by atoms with Crippen LogP contribution in [0.25, 0.3) is 6.08 Å². The first-order valence-electron chi connectivity index (χ1n) is 5.71. The van der Waals surface area contributed by atoms with Gasteiger partial charge >= 0.3 is 12.0 Å². The molecule has 2 aromatic rings. The van der Waals surface area contributed by atoms with Crippen molar-refractivity contribution in [2.45, 2.75) is 11.8 Å². The lowest BCUT2D eigenvalue weighted by Gasteiger charge is -2.04. The highest BCUT2D eigenvalue weighted by Gasteiger charge is 2.17. The highest BCUT2D eigenvalue weighted by molar-refractivity contribution is 7.92. The van der Waals surface area contributed by atoms with Gasteiger partial charge in [0, 0.05) is 6.08 Å². The molecular formula is C12H11N3O5S. The van der Waals surface area contributed by atoms with Gasteiger partial charge in [0.15, 0.2) is 5.82 Å². The number of rotatable bonds is 5. The lowest BCUT2D eigenvalue weighted by Crippen LogP contribution is -2.13. The van der Waals surface area contributed by atoms with Crippen LogP contribution in [0.2, 0.25) is 0 Å². The number of anilines is 1. The molecule has 0 bridgehead atoms. The van der Waals surface area contributed by atoms with Crippen molar-refractivity contribution < 1.29 is 22.8 Å². The number of hydrogen-bond donors (Lipinski definition) is 2. The van der Waals surface area contributed by atoms with E-state index in [0.717, 1.165) is 6.08 Å². The second kappa shape index (κ2) is 5.75. The van der Waals surface area contributed by atoms with Gasteiger partial charge in [-0.25, -0.2) is 17.9 Å². The van der Waals surface area contributed by atoms with Crippen molar-refractivity contribution in [2.24, 2.45) is 0 Å². The van der Waals surface area contributed by atoms with Crippen molar-refractivity contribution >= 4 is 28.1 Å². The molecule has 21 heavy (non-hydrogen) atoms. The van der Waals surface area contributed by atoms with Crippen molar-refractivity contribution in [3.63, 3.8) is 0 Å². The summed E-state index contributed by atoms with van der Waals surface area (Å²) in [7, 11) is -3.89. The molecule has 2 N–H and O–H groups in total. The smallest absolute Gasteiger partial charge is 0.335 e. The van der Waals surface area contributed by atoms with Crippen molar-refractivity contribution in [1.29, 1.82) is 0 Å². The van der Waals surface area contributed by atoms with Gasteiger partial charge in [-0.05, 0) is 30.7 Å². The number of aliphatic carboxylic acids is 1. The predicted octanol–water partition coefficient (Wildman–Crippen LogP) is 1.28. The van der Waals surface area contributed by atoms with E-state index >= 15 is 0 Å². The summed E-state index contributed by atoms with van der Waals surface area (Å²) in [6, 6.07) is 5.53. The molecule has 0 unspecified atom stereocenters. The number of nitrogens with one attached hydrogen (secondary N) is 1. The van der Waals surface area contributed by atoms with E-state index in [-0.39, 0.29) is 10.9 Å². The number of hydrogen-bond acceptors (Lipinski definition) is 6. The highest BCUT2D eigenvalue weighted by Crippen LogP contribution is 2.16. The lowest BCUT2D eigenvalue weighted by atomic mass is 10.2. The molecule has 0 aliphatic carbocycles. The van der Waals surface area contributed by atoms with Crippen molar-refractivity contribution in [3.8, 4) is 0 Å². The second-order valence-corrected chi connectivity index (χ2v) is 5.68. The monoisotopic (exact) mass is 309 g/mol. The van der Waals surface area contributed by atoms with Crippen LogP contribution in [0.3, 0.4) is 0 Å². The third-order valence-corrected chi connectivity index (χ3v) is 3.65. The Balaban J connectivity index is 2.27. The number of benzene rings is 1. The molecule has 0 aliphatic rings. The summed E-state index contributed by atoms with van der Waals surface area (Å²) in [5, 5.41) is 12.0. The minimum atomic E-state index is -3.89. The fourth-order valence-corrected chi connectivity index (χ4v) is 2.44. The molecule has 110 valence electrons. The normalized spacial score (nSPS) is 11.7. The first-order valence-corrected chi connectivity index (χ1v) is 7.19. The van der Waals surface area contributed by atoms with E-state index in [4.69, 9.17) is 5.11 Å². The second-order valence-electron chi connectivity index (χ2n) is 4.00. The third kappa shape index (κ3) is 3.89. The van der Waals surface area contributed by atoms with Gasteiger partial charge in [0.2, 0.25) is 0 Å². The van der Waals surface area contributed by atoms with E-state index in [1.807, 2.05) is 0 Å². The first-order chi connectivity index (χ1) is 9.87. The maximum atomic E-state index is 12.1. The van der Waals surface area contributed by atoms with Crippen LogP contribution < -0.4 is 4.72 Å². The van der Waals surface area contributed by atoms with E-state index in [2.05, 4.69) is 19.4 Å². The fraction of sp³-hybridized carbons (Fsp3) is 0.0833. The van der Waals surface area contributed by atoms with Gasteiger partial charge in [-0.15, -0.1) is 0 Å². The van der Waals surface area contributed by atoms with Crippen molar-refractivity contribution in [2.75, 3.05) is 4.72 Å². The van der Waals surface area contributed by atoms with Gasteiger partial charge in [0.1, 0.15) is 0 Å². The summed E-state index contributed by atoms with van der Waals surface area (Å²) in [5.41, 5.74) is 0.432. The molecule has 0 aliphatic heterocycles. The maximum Gasteiger partial charge on any atom is 0.335 e. The molecule has 8 nitrogen and oxygen atoms in total. The van der Waals surface area contributed by atoms with Crippen LogP contribution in [0.1, 0.15) is 11.4 Å². The van der Waals surface area contributed by atoms with Gasteiger partial charge in [-0.2, -0.15) is 4.98 Å². The standard InChI is InChI=1S/C12H11N3O5S/c1-8-13-12(20-14-8)15-21(18,19)10-4-2-3-9(7-10)5-6-11(16)17/h2-7H,1H3,(H,16,17)(H,13,14,15)/b6-5+. The Morgan fingerprint density at radius 2 is 2.19 bits per heavy atom. The van der Waals surface area contributed by atoms with Gasteiger partial charge in [-0.3, -0.25) is 0 Å². The summed E-state index contributed by atoms with van der Waals surface area (Å²) < 4.78 is 31.1. The molecule has 1 aromatic carbocycles. The van der Waals surface area contributed by atoms with Gasteiger partial charge in [0.05, 0.1) is 4.90 Å². The van der Waals surface area contributed by atoms with E-state index in [0.29, 0.717) is 11.4 Å². The van der Waals surface area contributed by atoms with Crippen LogP contribution in [0.5, 0.6) is 0 Å². The lowest BCUT2D eigenvalue weighted by molar-refractivity contribution is -0.131. The quantitative estimate of drug-likeness (QED) is 0.797. The average Bonchev–Trinajstić information content (AvgIpc) is 2.81. The molecule has 2 rings (SSSR count). The van der Waals surface area contributed by atoms with Crippen LogP contribution in [0, 0.1) is 6.92 Å². The zero-order valence-corrected chi connectivity index (χ0v) is 11.7. The summed E-state index contributed by atoms with van der Waals surface area (Å²) in [5.74, 6) is -0.825. The predicted molar refractivity (Wildman–Crippen MR) is 73.0 cm³/mol. The average molecular weight is 309 g/mol. The molecule has 0 radical (unpaired) electrons. The van der Waals surface area contributed by atoms with E-state index in [9.17, 15) is 13.2 Å². The molecule has 1 heterocycles. The van der Waals surface area contributed by atoms with Gasteiger partial charge in [-0.1, -0.05) is 17.3 Å².